The summed E-state index contributed by atoms with van der Waals surface area (Å²) in [4.78, 5) is 15.5. The molecule has 1 aromatic heterocycles. The van der Waals surface area contributed by atoms with Crippen LogP contribution < -0.4 is 0 Å². The number of imidazole rings is 1. The van der Waals surface area contributed by atoms with Crippen molar-refractivity contribution in [2.45, 2.75) is 31.0 Å². The Labute approximate surface area is 127 Å². The van der Waals surface area contributed by atoms with Crippen molar-refractivity contribution in [3.05, 3.63) is 23.8 Å². The number of carboxylic acid groups (broad SMARTS) is 1. The summed E-state index contributed by atoms with van der Waals surface area (Å²) in [7, 11) is 0. The fourth-order valence-corrected chi connectivity index (χ4v) is 3.56. The number of aromatic nitrogens is 2. The minimum atomic E-state index is -0.817. The highest BCUT2D eigenvalue weighted by atomic mass is 32.2. The Balaban J connectivity index is 2.06. The molecule has 0 saturated carbocycles. The largest absolute Gasteiger partial charge is 0.481 e. The highest BCUT2D eigenvalue weighted by Gasteiger charge is 2.22. The molecule has 3 rings (SSSR count). The predicted octanol–water partition coefficient (Wildman–Crippen LogP) is 2.87. The number of aryl methyl sites for hydroxylation is 1. The van der Waals surface area contributed by atoms with Crippen LogP contribution in [-0.4, -0.2) is 39.6 Å². The Hall–Kier alpha value is -1.53. The van der Waals surface area contributed by atoms with Crippen molar-refractivity contribution in [3.8, 4) is 0 Å². The number of nitrogens with zero attached hydrogens (tertiary/aromatic N) is 2. The number of hydrogen-bond acceptors (Lipinski definition) is 4. The summed E-state index contributed by atoms with van der Waals surface area (Å²) in [5, 5.41) is 9.73. The highest BCUT2D eigenvalue weighted by molar-refractivity contribution is 7.99. The highest BCUT2D eigenvalue weighted by Crippen LogP contribution is 2.33. The number of benzene rings is 1. The van der Waals surface area contributed by atoms with Crippen molar-refractivity contribution in [2.75, 3.05) is 19.0 Å². The number of para-hydroxylation sites is 1. The molecule has 1 fully saturated rings. The summed E-state index contributed by atoms with van der Waals surface area (Å²) in [6.07, 6.45) is 1.89. The molecular weight excluding hydrogens is 288 g/mol. The minimum Gasteiger partial charge on any atom is -0.481 e. The van der Waals surface area contributed by atoms with Gasteiger partial charge in [-0.3, -0.25) is 4.79 Å². The second-order valence-electron chi connectivity index (χ2n) is 5.23. The summed E-state index contributed by atoms with van der Waals surface area (Å²) in [5.74, 6) is -0.784. The van der Waals surface area contributed by atoms with Gasteiger partial charge in [-0.15, -0.1) is 0 Å². The maximum Gasteiger partial charge on any atom is 0.313 e. The van der Waals surface area contributed by atoms with Crippen molar-refractivity contribution >= 4 is 28.8 Å². The lowest BCUT2D eigenvalue weighted by Crippen LogP contribution is -2.20. The van der Waals surface area contributed by atoms with Crippen LogP contribution in [0.4, 0.5) is 0 Å². The van der Waals surface area contributed by atoms with Crippen LogP contribution in [0, 0.1) is 6.92 Å². The zero-order valence-electron chi connectivity index (χ0n) is 11.9. The summed E-state index contributed by atoms with van der Waals surface area (Å²) in [6, 6.07) is 6.47. The van der Waals surface area contributed by atoms with Gasteiger partial charge in [0, 0.05) is 19.3 Å². The van der Waals surface area contributed by atoms with Gasteiger partial charge in [0.2, 0.25) is 0 Å². The summed E-state index contributed by atoms with van der Waals surface area (Å²) in [5.41, 5.74) is 3.18. The molecule has 112 valence electrons. The molecule has 1 aliphatic rings. The van der Waals surface area contributed by atoms with Gasteiger partial charge in [-0.1, -0.05) is 23.9 Å². The molecular formula is C15H18N2O3S. The van der Waals surface area contributed by atoms with Crippen LogP contribution in [0.25, 0.3) is 11.0 Å². The molecule has 0 amide bonds. The first-order valence-electron chi connectivity index (χ1n) is 7.06. The van der Waals surface area contributed by atoms with E-state index in [-0.39, 0.29) is 5.75 Å². The Morgan fingerprint density at radius 3 is 2.95 bits per heavy atom. The average Bonchev–Trinajstić information content (AvgIpc) is 2.86. The molecule has 1 saturated heterocycles. The third-order valence-corrected chi connectivity index (χ3v) is 4.71. The molecule has 0 spiro atoms. The SMILES string of the molecule is Cc1cccc2c1nc(SCC(=O)O)n2C1CCOCC1. The number of carboxylic acids is 1. The third kappa shape index (κ3) is 2.91. The molecule has 2 heterocycles. The van der Waals surface area contributed by atoms with Crippen molar-refractivity contribution < 1.29 is 14.6 Å². The smallest absolute Gasteiger partial charge is 0.313 e. The molecule has 21 heavy (non-hydrogen) atoms. The number of hydrogen-bond donors (Lipinski definition) is 1. The second kappa shape index (κ2) is 6.07. The first-order chi connectivity index (χ1) is 10.2. The van der Waals surface area contributed by atoms with Gasteiger partial charge in [0.05, 0.1) is 16.8 Å². The Bertz CT molecular complexity index is 662. The molecule has 0 atom stereocenters. The number of fused-ring (bicyclic) bond motifs is 1. The Morgan fingerprint density at radius 2 is 2.24 bits per heavy atom. The molecule has 2 aromatic rings. The quantitative estimate of drug-likeness (QED) is 0.880. The summed E-state index contributed by atoms with van der Waals surface area (Å²) < 4.78 is 7.64. The molecule has 1 aromatic carbocycles. The van der Waals surface area contributed by atoms with E-state index >= 15 is 0 Å². The Kier molecular flexibility index (Phi) is 4.17. The van der Waals surface area contributed by atoms with Gasteiger partial charge in [0.1, 0.15) is 0 Å². The van der Waals surface area contributed by atoms with Gasteiger partial charge in [-0.05, 0) is 31.4 Å². The maximum absolute atomic E-state index is 10.9. The van der Waals surface area contributed by atoms with Crippen LogP contribution in [-0.2, 0) is 9.53 Å². The topological polar surface area (TPSA) is 64.3 Å². The van der Waals surface area contributed by atoms with Gasteiger partial charge in [-0.25, -0.2) is 4.98 Å². The van der Waals surface area contributed by atoms with Crippen LogP contribution in [0.5, 0.6) is 0 Å². The van der Waals surface area contributed by atoms with Gasteiger partial charge in [0.25, 0.3) is 0 Å². The normalized spacial score (nSPS) is 16.4. The van der Waals surface area contributed by atoms with Crippen LogP contribution in [0.2, 0.25) is 0 Å². The Morgan fingerprint density at radius 1 is 1.48 bits per heavy atom. The van der Waals surface area contributed by atoms with Crippen LogP contribution in [0.1, 0.15) is 24.4 Å². The number of ether oxygens (including phenoxy) is 1. The van der Waals surface area contributed by atoms with Gasteiger partial charge < -0.3 is 14.4 Å². The molecule has 6 heteroatoms. The maximum atomic E-state index is 10.9. The lowest BCUT2D eigenvalue weighted by Gasteiger charge is -2.25. The van der Waals surface area contributed by atoms with E-state index in [4.69, 9.17) is 9.84 Å². The van der Waals surface area contributed by atoms with E-state index in [1.54, 1.807) is 0 Å². The van der Waals surface area contributed by atoms with Gasteiger partial charge >= 0.3 is 5.97 Å². The number of carbonyl (C=O) groups is 1. The molecule has 1 aliphatic heterocycles. The van der Waals surface area contributed by atoms with E-state index in [0.29, 0.717) is 6.04 Å². The van der Waals surface area contributed by atoms with E-state index in [2.05, 4.69) is 15.6 Å². The molecule has 0 bridgehead atoms. The number of aliphatic carboxylic acids is 1. The van der Waals surface area contributed by atoms with E-state index in [9.17, 15) is 4.79 Å². The first-order valence-corrected chi connectivity index (χ1v) is 8.05. The second-order valence-corrected chi connectivity index (χ2v) is 6.18. The fourth-order valence-electron chi connectivity index (χ4n) is 2.76. The van der Waals surface area contributed by atoms with E-state index in [1.165, 1.54) is 11.8 Å². The molecule has 0 radical (unpaired) electrons. The molecule has 1 N–H and O–H groups in total. The van der Waals surface area contributed by atoms with Crippen LogP contribution in [0.15, 0.2) is 23.4 Å². The van der Waals surface area contributed by atoms with Crippen LogP contribution in [0.3, 0.4) is 0 Å². The lowest BCUT2D eigenvalue weighted by molar-refractivity contribution is -0.133. The van der Waals surface area contributed by atoms with Crippen molar-refractivity contribution in [3.63, 3.8) is 0 Å². The lowest BCUT2D eigenvalue weighted by atomic mass is 10.1. The van der Waals surface area contributed by atoms with Gasteiger partial charge in [-0.2, -0.15) is 0 Å². The number of thioether (sulfide) groups is 1. The minimum absolute atomic E-state index is 0.0333. The van der Waals surface area contributed by atoms with E-state index in [0.717, 1.165) is 47.8 Å². The van der Waals surface area contributed by atoms with E-state index in [1.807, 2.05) is 19.1 Å². The zero-order valence-corrected chi connectivity index (χ0v) is 12.7. The third-order valence-electron chi connectivity index (χ3n) is 3.77. The standard InChI is InChI=1S/C15H18N2O3S/c1-10-3-2-4-12-14(10)16-15(21-9-13(18)19)17(12)11-5-7-20-8-6-11/h2-4,11H,5-9H2,1H3,(H,18,19). The molecule has 0 unspecified atom stereocenters. The molecule has 0 aliphatic carbocycles. The summed E-state index contributed by atoms with van der Waals surface area (Å²) in [6.45, 7) is 3.54. The van der Waals surface area contributed by atoms with Crippen molar-refractivity contribution in [2.24, 2.45) is 0 Å². The predicted molar refractivity (Wildman–Crippen MR) is 81.9 cm³/mol. The van der Waals surface area contributed by atoms with Gasteiger partial charge in [0.15, 0.2) is 5.16 Å². The van der Waals surface area contributed by atoms with Crippen molar-refractivity contribution in [1.29, 1.82) is 0 Å². The summed E-state index contributed by atoms with van der Waals surface area (Å²) >= 11 is 1.29. The fraction of sp³-hybridized carbons (Fsp3) is 0.467. The van der Waals surface area contributed by atoms with E-state index < -0.39 is 5.97 Å². The monoisotopic (exact) mass is 306 g/mol. The molecule has 5 nitrogen and oxygen atoms in total. The average molecular weight is 306 g/mol. The first kappa shape index (κ1) is 14.4. The van der Waals surface area contributed by atoms with Crippen molar-refractivity contribution in [1.82, 2.24) is 9.55 Å². The zero-order chi connectivity index (χ0) is 14.8. The number of rotatable bonds is 4. The van der Waals surface area contributed by atoms with Crippen LogP contribution >= 0.6 is 11.8 Å².